The average molecular weight is 618 g/mol. The molecular formula is C36H51N5O4. The number of phenols is 1. The topological polar surface area (TPSA) is 91.3 Å². The van der Waals surface area contributed by atoms with E-state index in [1.54, 1.807) is 0 Å². The van der Waals surface area contributed by atoms with Crippen LogP contribution in [0.3, 0.4) is 0 Å². The summed E-state index contributed by atoms with van der Waals surface area (Å²) in [6.07, 6.45) is 10.1. The third kappa shape index (κ3) is 5.85. The van der Waals surface area contributed by atoms with Crippen LogP contribution in [0.25, 0.3) is 0 Å². The van der Waals surface area contributed by atoms with E-state index in [0.29, 0.717) is 30.5 Å². The van der Waals surface area contributed by atoms with Gasteiger partial charge in [-0.1, -0.05) is 6.07 Å². The molecule has 2 aromatic rings. The number of aromatic hydroxyl groups is 1. The van der Waals surface area contributed by atoms with Crippen LogP contribution in [-0.2, 0) is 29.4 Å². The number of hydrogen-bond donors (Lipinski definition) is 1. The van der Waals surface area contributed by atoms with E-state index in [2.05, 4.69) is 29.7 Å². The van der Waals surface area contributed by atoms with Crippen molar-refractivity contribution in [2.75, 3.05) is 31.1 Å². The van der Waals surface area contributed by atoms with Gasteiger partial charge < -0.3 is 19.5 Å². The van der Waals surface area contributed by atoms with Gasteiger partial charge in [0.1, 0.15) is 23.8 Å². The van der Waals surface area contributed by atoms with E-state index in [-0.39, 0.29) is 23.6 Å². The van der Waals surface area contributed by atoms with Crippen molar-refractivity contribution < 1.29 is 19.4 Å². The number of phenolic OH excluding ortho intramolecular Hbond substituents is 1. The largest absolute Gasteiger partial charge is 0.508 e. The Morgan fingerprint density at radius 2 is 1.84 bits per heavy atom. The summed E-state index contributed by atoms with van der Waals surface area (Å²) in [7, 11) is 0. The number of likely N-dealkylation sites (tertiary alicyclic amines) is 1. The summed E-state index contributed by atoms with van der Waals surface area (Å²) in [4.78, 5) is 30.5. The van der Waals surface area contributed by atoms with E-state index in [1.807, 2.05) is 37.8 Å². The average Bonchev–Trinajstić information content (AvgIpc) is 3.57. The highest BCUT2D eigenvalue weighted by atomic mass is 16.6. The summed E-state index contributed by atoms with van der Waals surface area (Å²) in [6.45, 7) is 13.5. The van der Waals surface area contributed by atoms with Crippen molar-refractivity contribution in [2.24, 2.45) is 0 Å². The lowest BCUT2D eigenvalue weighted by molar-refractivity contribution is 0.0122. The van der Waals surface area contributed by atoms with Gasteiger partial charge >= 0.3 is 12.1 Å². The molecule has 9 nitrogen and oxygen atoms in total. The Morgan fingerprint density at radius 1 is 1.07 bits per heavy atom. The normalized spacial score (nSPS) is 28.0. The minimum atomic E-state index is -0.513. The molecule has 1 aromatic heterocycles. The number of amides is 1. The van der Waals surface area contributed by atoms with Gasteiger partial charge in [-0.3, -0.25) is 9.80 Å². The summed E-state index contributed by atoms with van der Waals surface area (Å²) >= 11 is 0. The number of anilines is 1. The maximum absolute atomic E-state index is 13.2. The molecule has 0 saturated carbocycles. The first-order valence-corrected chi connectivity index (χ1v) is 17.4. The zero-order valence-corrected chi connectivity index (χ0v) is 27.8. The lowest BCUT2D eigenvalue weighted by Gasteiger charge is -2.45. The van der Waals surface area contributed by atoms with Gasteiger partial charge in [-0.25, -0.2) is 4.79 Å². The predicted octanol–water partition coefficient (Wildman–Crippen LogP) is 5.78. The van der Waals surface area contributed by atoms with Crippen molar-refractivity contribution >= 4 is 11.9 Å². The number of hydrogen-bond acceptors (Lipinski definition) is 8. The van der Waals surface area contributed by atoms with Crippen LogP contribution in [0.15, 0.2) is 18.2 Å². The summed E-state index contributed by atoms with van der Waals surface area (Å²) in [5.74, 6) is 1.34. The predicted molar refractivity (Wildman–Crippen MR) is 174 cm³/mol. The molecule has 9 heteroatoms. The molecule has 1 N–H and O–H groups in total. The Labute approximate surface area is 268 Å². The van der Waals surface area contributed by atoms with Crippen LogP contribution in [-0.4, -0.2) is 87.0 Å². The molecule has 3 fully saturated rings. The first-order chi connectivity index (χ1) is 21.5. The van der Waals surface area contributed by atoms with Crippen molar-refractivity contribution in [1.29, 1.82) is 0 Å². The number of aromatic nitrogens is 2. The highest BCUT2D eigenvalue weighted by Crippen LogP contribution is 2.49. The van der Waals surface area contributed by atoms with Gasteiger partial charge in [-0.05, 0) is 129 Å². The van der Waals surface area contributed by atoms with Gasteiger partial charge in [0.2, 0.25) is 0 Å². The molecule has 7 rings (SSSR count). The Kier molecular flexibility index (Phi) is 7.90. The Morgan fingerprint density at radius 3 is 2.58 bits per heavy atom. The van der Waals surface area contributed by atoms with E-state index >= 15 is 0 Å². The van der Waals surface area contributed by atoms with Gasteiger partial charge in [-0.15, -0.1) is 0 Å². The minimum Gasteiger partial charge on any atom is -0.508 e. The second-order valence-corrected chi connectivity index (χ2v) is 15.5. The molecule has 4 atom stereocenters. The van der Waals surface area contributed by atoms with Crippen molar-refractivity contribution in [2.45, 2.75) is 134 Å². The van der Waals surface area contributed by atoms with Crippen LogP contribution in [0.5, 0.6) is 11.8 Å². The van der Waals surface area contributed by atoms with E-state index < -0.39 is 5.60 Å². The molecule has 3 saturated heterocycles. The molecule has 2 aliphatic carbocycles. The third-order valence-electron chi connectivity index (χ3n) is 11.1. The van der Waals surface area contributed by atoms with Gasteiger partial charge in [0.05, 0.1) is 17.8 Å². The molecule has 1 spiro atoms. The summed E-state index contributed by atoms with van der Waals surface area (Å²) in [6, 6.07) is 7.50. The van der Waals surface area contributed by atoms with Crippen LogP contribution in [0, 0.1) is 0 Å². The van der Waals surface area contributed by atoms with Crippen molar-refractivity contribution in [3.8, 4) is 11.8 Å². The van der Waals surface area contributed by atoms with E-state index in [9.17, 15) is 9.90 Å². The van der Waals surface area contributed by atoms with Gasteiger partial charge in [-0.2, -0.15) is 9.97 Å². The minimum absolute atomic E-state index is 0.0312. The third-order valence-corrected chi connectivity index (χ3v) is 11.1. The molecule has 1 amide bonds. The number of fused-ring (bicyclic) bond motifs is 5. The Balaban J connectivity index is 1.20. The molecular weight excluding hydrogens is 566 g/mol. The van der Waals surface area contributed by atoms with Crippen LogP contribution < -0.4 is 9.64 Å². The summed E-state index contributed by atoms with van der Waals surface area (Å²) in [5.41, 5.74) is 4.43. The maximum atomic E-state index is 13.2. The molecule has 1 aromatic carbocycles. The fourth-order valence-corrected chi connectivity index (χ4v) is 9.04. The van der Waals surface area contributed by atoms with Crippen LogP contribution >= 0.6 is 0 Å². The SMILES string of the molecule is CC(C)N1CCC[C@H]1COc1nc2c(c(N3C[C@H]4CC[C@@H](C3)N4C(=O)OC(C)(C)C)n1)CCC1(CCCc3ccc(O)cc31)C2. The monoisotopic (exact) mass is 617 g/mol. The number of piperazine rings is 1. The highest BCUT2D eigenvalue weighted by Gasteiger charge is 2.47. The number of ether oxygens (including phenoxy) is 2. The molecule has 45 heavy (non-hydrogen) atoms. The number of rotatable bonds is 5. The fourth-order valence-electron chi connectivity index (χ4n) is 9.04. The number of carbonyl (C=O) groups is 1. The van der Waals surface area contributed by atoms with Gasteiger partial charge in [0, 0.05) is 36.2 Å². The van der Waals surface area contributed by atoms with Crippen LogP contribution in [0.1, 0.15) is 102 Å². The van der Waals surface area contributed by atoms with Crippen molar-refractivity contribution in [3.05, 3.63) is 40.6 Å². The molecule has 0 radical (unpaired) electrons. The van der Waals surface area contributed by atoms with E-state index in [4.69, 9.17) is 19.4 Å². The van der Waals surface area contributed by atoms with Crippen molar-refractivity contribution in [3.63, 3.8) is 0 Å². The Hall–Kier alpha value is -3.07. The second kappa shape index (κ2) is 11.6. The number of nitrogens with zero attached hydrogens (tertiary/aromatic N) is 5. The van der Waals surface area contributed by atoms with Gasteiger partial charge in [0.25, 0.3) is 0 Å². The molecule has 4 heterocycles. The zero-order valence-electron chi connectivity index (χ0n) is 27.8. The van der Waals surface area contributed by atoms with Crippen molar-refractivity contribution in [1.82, 2.24) is 19.8 Å². The fraction of sp³-hybridized carbons (Fsp3) is 0.694. The standard InChI is InChI=1S/C36H51N5O4/c1-23(2)40-17-7-9-27(40)22-44-33-37-31-19-36(15-6-8-24-10-13-28(42)18-30(24)36)16-14-29(31)32(38-33)39-20-25-11-12-26(21-39)41(25)34(43)45-35(3,4)5/h10,13,18,23,25-27,42H,6-9,11-12,14-17,19-22H2,1-5H3/t25-,26+,27-,36?/m0/s1. The first kappa shape index (κ1) is 30.6. The number of aryl methyl sites for hydroxylation is 1. The lowest BCUT2D eigenvalue weighted by atomic mass is 9.62. The first-order valence-electron chi connectivity index (χ1n) is 17.4. The molecule has 3 aliphatic heterocycles. The smallest absolute Gasteiger partial charge is 0.410 e. The van der Waals surface area contributed by atoms with Crippen LogP contribution in [0.2, 0.25) is 0 Å². The molecule has 5 aliphatic rings. The molecule has 244 valence electrons. The maximum Gasteiger partial charge on any atom is 0.410 e. The van der Waals surface area contributed by atoms with E-state index in [0.717, 1.165) is 88.9 Å². The molecule has 2 bridgehead atoms. The molecule has 1 unspecified atom stereocenters. The number of carbonyl (C=O) groups excluding carboxylic acids is 1. The number of benzene rings is 1. The Bertz CT molecular complexity index is 1430. The summed E-state index contributed by atoms with van der Waals surface area (Å²) in [5, 5.41) is 10.5. The second-order valence-electron chi connectivity index (χ2n) is 15.5. The summed E-state index contributed by atoms with van der Waals surface area (Å²) < 4.78 is 12.3. The van der Waals surface area contributed by atoms with Gasteiger partial charge in [0.15, 0.2) is 0 Å². The lowest BCUT2D eigenvalue weighted by Crippen LogP contribution is -2.57. The van der Waals surface area contributed by atoms with E-state index in [1.165, 1.54) is 23.1 Å². The van der Waals surface area contributed by atoms with Crippen LogP contribution in [0.4, 0.5) is 10.6 Å². The zero-order chi connectivity index (χ0) is 31.5. The highest BCUT2D eigenvalue weighted by molar-refractivity contribution is 5.70. The quantitative estimate of drug-likeness (QED) is 0.451.